The molecule has 0 unspecified atom stereocenters. The lowest BCUT2D eigenvalue weighted by Crippen LogP contribution is -2.46. The Labute approximate surface area is 98.5 Å². The first-order valence-electron chi connectivity index (χ1n) is 5.06. The number of carbonyl (C=O) groups is 2. The molecule has 0 saturated carbocycles. The summed E-state index contributed by atoms with van der Waals surface area (Å²) >= 11 is 0. The Morgan fingerprint density at radius 2 is 2.41 bits per heavy atom. The molecule has 17 heavy (non-hydrogen) atoms. The zero-order valence-electron chi connectivity index (χ0n) is 9.76. The van der Waals surface area contributed by atoms with Crippen LogP contribution in [-0.4, -0.2) is 63.3 Å². The highest BCUT2D eigenvalue weighted by atomic mass is 16.7. The fourth-order valence-electron chi connectivity index (χ4n) is 1.16. The van der Waals surface area contributed by atoms with Gasteiger partial charge in [-0.05, 0) is 5.16 Å². The van der Waals surface area contributed by atoms with Gasteiger partial charge in [-0.2, -0.15) is 0 Å². The van der Waals surface area contributed by atoms with Crippen molar-refractivity contribution in [2.75, 3.05) is 40.5 Å². The van der Waals surface area contributed by atoms with Crippen LogP contribution in [0.4, 0.5) is 4.79 Å². The van der Waals surface area contributed by atoms with Crippen molar-refractivity contribution in [2.45, 2.75) is 0 Å². The average molecular weight is 245 g/mol. The normalized spacial score (nSPS) is 17.9. The molecule has 1 fully saturated rings. The zero-order valence-corrected chi connectivity index (χ0v) is 9.76. The third kappa shape index (κ3) is 3.91. The lowest BCUT2D eigenvalue weighted by molar-refractivity contribution is -0.129. The molecule has 0 aromatic rings. The fraction of sp³-hybridized carbons (Fsp3) is 0.667. The molecule has 1 aliphatic rings. The van der Waals surface area contributed by atoms with E-state index in [4.69, 9.17) is 9.47 Å². The number of methoxy groups -OCH3 is 1. The minimum atomic E-state index is -0.761. The number of ether oxygens (including phenoxy) is 2. The van der Waals surface area contributed by atoms with E-state index in [1.54, 1.807) is 7.11 Å². The molecule has 8 nitrogen and oxygen atoms in total. The second-order valence-corrected chi connectivity index (χ2v) is 3.16. The topological polar surface area (TPSA) is 89.5 Å². The third-order valence-corrected chi connectivity index (χ3v) is 2.05. The Bertz CT molecular complexity index is 318. The lowest BCUT2D eigenvalue weighted by Gasteiger charge is -2.26. The molecule has 2 amide bonds. The lowest BCUT2D eigenvalue weighted by atomic mass is 10.4. The van der Waals surface area contributed by atoms with E-state index >= 15 is 0 Å². The Kier molecular flexibility index (Phi) is 5.21. The number of nitrogens with zero attached hydrogens (tertiary/aromatic N) is 2. The molecule has 1 heterocycles. The highest BCUT2D eigenvalue weighted by Crippen LogP contribution is 2.02. The second kappa shape index (κ2) is 6.69. The van der Waals surface area contributed by atoms with Crippen molar-refractivity contribution in [3.63, 3.8) is 0 Å². The van der Waals surface area contributed by atoms with Crippen molar-refractivity contribution < 1.29 is 23.9 Å². The number of morpholine rings is 1. The van der Waals surface area contributed by atoms with E-state index in [1.165, 1.54) is 11.9 Å². The summed E-state index contributed by atoms with van der Waals surface area (Å²) in [5.74, 6) is -0.645. The van der Waals surface area contributed by atoms with Gasteiger partial charge in [0.2, 0.25) is 0 Å². The van der Waals surface area contributed by atoms with Gasteiger partial charge in [0.25, 0.3) is 0 Å². The van der Waals surface area contributed by atoms with E-state index in [2.05, 4.69) is 15.3 Å². The molecule has 0 aromatic carbocycles. The maximum atomic E-state index is 11.7. The van der Waals surface area contributed by atoms with Gasteiger partial charge < -0.3 is 19.7 Å². The van der Waals surface area contributed by atoms with E-state index in [1.807, 2.05) is 0 Å². The van der Waals surface area contributed by atoms with E-state index in [-0.39, 0.29) is 5.90 Å². The van der Waals surface area contributed by atoms with Gasteiger partial charge in [-0.1, -0.05) is 0 Å². The summed E-state index contributed by atoms with van der Waals surface area (Å²) in [4.78, 5) is 28.4. The monoisotopic (exact) mass is 245 g/mol. The van der Waals surface area contributed by atoms with Gasteiger partial charge in [-0.3, -0.25) is 9.63 Å². The first kappa shape index (κ1) is 13.2. The van der Waals surface area contributed by atoms with Gasteiger partial charge >= 0.3 is 17.9 Å². The van der Waals surface area contributed by atoms with E-state index in [9.17, 15) is 9.59 Å². The molecule has 1 saturated heterocycles. The number of nitrogens with one attached hydrogen (secondary N) is 1. The summed E-state index contributed by atoms with van der Waals surface area (Å²) in [5, 5.41) is 5.54. The molecule has 1 N–H and O–H groups in total. The van der Waals surface area contributed by atoms with E-state index in [0.717, 1.165) is 0 Å². The Hall–Kier alpha value is -1.83. The smallest absolute Gasteiger partial charge is 0.433 e. The first-order valence-corrected chi connectivity index (χ1v) is 5.06. The molecular weight excluding hydrogens is 230 g/mol. The summed E-state index contributed by atoms with van der Waals surface area (Å²) in [6, 6.07) is 0. The van der Waals surface area contributed by atoms with Crippen LogP contribution in [0.1, 0.15) is 0 Å². The Morgan fingerprint density at radius 1 is 1.65 bits per heavy atom. The molecular formula is C9H15N3O5. The third-order valence-electron chi connectivity index (χ3n) is 2.05. The summed E-state index contributed by atoms with van der Waals surface area (Å²) < 4.78 is 9.88. The molecule has 0 bridgehead atoms. The predicted molar refractivity (Wildman–Crippen MR) is 57.4 cm³/mol. The number of carbonyl (C=O) groups excluding carboxylic acids is 2. The highest BCUT2D eigenvalue weighted by molar-refractivity contribution is 6.35. The molecule has 0 radical (unpaired) electrons. The van der Waals surface area contributed by atoms with Crippen molar-refractivity contribution in [1.82, 2.24) is 10.2 Å². The Balaban J connectivity index is 2.55. The second-order valence-electron chi connectivity index (χ2n) is 3.16. The van der Waals surface area contributed by atoms with Gasteiger partial charge in [0.15, 0.2) is 0 Å². The minimum absolute atomic E-state index is 0.226. The maximum absolute atomic E-state index is 11.7. The van der Waals surface area contributed by atoms with Crippen LogP contribution in [0.15, 0.2) is 5.16 Å². The van der Waals surface area contributed by atoms with Crippen LogP contribution >= 0.6 is 0 Å². The molecule has 0 spiro atoms. The molecule has 1 rings (SSSR count). The van der Waals surface area contributed by atoms with Crippen molar-refractivity contribution in [3.8, 4) is 0 Å². The largest absolute Gasteiger partial charge is 0.470 e. The molecule has 1 aliphatic heterocycles. The van der Waals surface area contributed by atoms with Crippen LogP contribution < -0.4 is 5.32 Å². The van der Waals surface area contributed by atoms with Crippen molar-refractivity contribution in [1.29, 1.82) is 0 Å². The molecule has 0 atom stereocenters. The fourth-order valence-corrected chi connectivity index (χ4v) is 1.16. The Morgan fingerprint density at radius 3 is 3.06 bits per heavy atom. The molecule has 0 aliphatic carbocycles. The SMILES string of the molecule is CNC(=O)ON=C1OCCN(CCOC)C1=O. The number of hydrogen-bond donors (Lipinski definition) is 1. The van der Waals surface area contributed by atoms with Gasteiger partial charge in [0.05, 0.1) is 13.2 Å². The number of oxime groups is 1. The van der Waals surface area contributed by atoms with Gasteiger partial charge in [-0.25, -0.2) is 4.79 Å². The first-order chi connectivity index (χ1) is 8.19. The molecule has 0 aromatic heterocycles. The predicted octanol–water partition coefficient (Wildman–Crippen LogP) is -0.839. The van der Waals surface area contributed by atoms with Gasteiger partial charge in [0.1, 0.15) is 6.61 Å². The standard InChI is InChI=1S/C9H15N3O5/c1-10-9(14)17-11-7-8(13)12(3-5-15-2)4-6-16-7/h3-6H2,1-2H3,(H,10,14). The molecule has 96 valence electrons. The van der Waals surface area contributed by atoms with Crippen LogP contribution in [0.5, 0.6) is 0 Å². The number of rotatable bonds is 4. The van der Waals surface area contributed by atoms with Crippen LogP contribution in [0.3, 0.4) is 0 Å². The zero-order chi connectivity index (χ0) is 12.7. The summed E-state index contributed by atoms with van der Waals surface area (Å²) in [7, 11) is 2.94. The van der Waals surface area contributed by atoms with E-state index in [0.29, 0.717) is 26.3 Å². The maximum Gasteiger partial charge on any atom is 0.433 e. The van der Waals surface area contributed by atoms with E-state index < -0.39 is 12.0 Å². The highest BCUT2D eigenvalue weighted by Gasteiger charge is 2.27. The van der Waals surface area contributed by atoms with Crippen LogP contribution in [0, 0.1) is 0 Å². The van der Waals surface area contributed by atoms with Crippen molar-refractivity contribution >= 4 is 17.9 Å². The average Bonchev–Trinajstić information content (AvgIpc) is 2.35. The minimum Gasteiger partial charge on any atom is -0.470 e. The molecule has 8 heteroatoms. The number of amides is 2. The van der Waals surface area contributed by atoms with Crippen LogP contribution in [0.2, 0.25) is 0 Å². The van der Waals surface area contributed by atoms with Crippen molar-refractivity contribution in [2.24, 2.45) is 5.16 Å². The summed E-state index contributed by atoms with van der Waals surface area (Å²) in [5.41, 5.74) is 0. The summed E-state index contributed by atoms with van der Waals surface area (Å²) in [6.07, 6.45) is -0.761. The quantitative estimate of drug-likeness (QED) is 0.515. The van der Waals surface area contributed by atoms with Crippen molar-refractivity contribution in [3.05, 3.63) is 0 Å². The van der Waals surface area contributed by atoms with Crippen LogP contribution in [0.25, 0.3) is 0 Å². The number of hydrogen-bond acceptors (Lipinski definition) is 6. The van der Waals surface area contributed by atoms with Crippen LogP contribution in [-0.2, 0) is 19.1 Å². The summed E-state index contributed by atoms with van der Waals surface area (Å²) in [6.45, 7) is 1.64. The van der Waals surface area contributed by atoms with Gasteiger partial charge in [0, 0.05) is 20.7 Å². The van der Waals surface area contributed by atoms with Gasteiger partial charge in [-0.15, -0.1) is 0 Å².